The highest BCUT2D eigenvalue weighted by molar-refractivity contribution is 5.96. The number of carbonyl (C=O) groups excluding carboxylic acids is 1. The average Bonchev–Trinajstić information content (AvgIpc) is 2.82. The Balaban J connectivity index is 1.80. The summed E-state index contributed by atoms with van der Waals surface area (Å²) in [5.41, 5.74) is 2.26. The highest BCUT2D eigenvalue weighted by Gasteiger charge is 2.37. The number of fused-ring (bicyclic) bond motifs is 5. The molecule has 3 heterocycles. The van der Waals surface area contributed by atoms with Crippen LogP contribution >= 0.6 is 0 Å². The predicted octanol–water partition coefficient (Wildman–Crippen LogP) is 3.03. The van der Waals surface area contributed by atoms with Crippen molar-refractivity contribution in [3.8, 4) is 11.5 Å². The summed E-state index contributed by atoms with van der Waals surface area (Å²) in [6.07, 6.45) is 3.50. The highest BCUT2D eigenvalue weighted by atomic mass is 16.5. The molecule has 7 nitrogen and oxygen atoms in total. The van der Waals surface area contributed by atoms with Crippen LogP contribution in [-0.4, -0.2) is 40.4 Å². The van der Waals surface area contributed by atoms with Crippen molar-refractivity contribution in [2.24, 2.45) is 0 Å². The first kappa shape index (κ1) is 19.9. The lowest BCUT2D eigenvalue weighted by Crippen LogP contribution is -2.55. The smallest absolute Gasteiger partial charge is 0.278 e. The molecule has 5 rings (SSSR count). The van der Waals surface area contributed by atoms with Gasteiger partial charge in [-0.2, -0.15) is 0 Å². The number of carbonyl (C=O) groups is 1. The monoisotopic (exact) mass is 429 g/mol. The molecule has 1 aromatic heterocycles. The molecule has 162 valence electrons. The molecule has 0 aliphatic carbocycles. The second-order valence-corrected chi connectivity index (χ2v) is 8.02. The van der Waals surface area contributed by atoms with Crippen LogP contribution < -0.4 is 15.2 Å². The third-order valence-electron chi connectivity index (χ3n) is 5.87. The highest BCUT2D eigenvalue weighted by Crippen LogP contribution is 2.37. The summed E-state index contributed by atoms with van der Waals surface area (Å²) in [5.74, 6) is -0.188. The van der Waals surface area contributed by atoms with E-state index in [4.69, 9.17) is 4.74 Å². The first-order valence-electron chi connectivity index (χ1n) is 10.5. The zero-order chi connectivity index (χ0) is 22.2. The lowest BCUT2D eigenvalue weighted by Gasteiger charge is -2.44. The van der Waals surface area contributed by atoms with E-state index in [2.05, 4.69) is 0 Å². The van der Waals surface area contributed by atoms with Crippen LogP contribution in [0.2, 0.25) is 0 Å². The van der Waals surface area contributed by atoms with Crippen LogP contribution in [0.15, 0.2) is 83.3 Å². The Morgan fingerprint density at radius 1 is 1.00 bits per heavy atom. The SMILES string of the molecule is C/C1=C/COc2ccccc2[C@H](c2ccccc2)N2CN(C1)C(=O)c1c(O)c(=O)ccn12. The lowest BCUT2D eigenvalue weighted by atomic mass is 9.97. The van der Waals surface area contributed by atoms with Crippen LogP contribution in [0.1, 0.15) is 34.6 Å². The Kier molecular flexibility index (Phi) is 4.93. The molecule has 2 aromatic carbocycles. The van der Waals surface area contributed by atoms with Gasteiger partial charge in [0, 0.05) is 24.4 Å². The van der Waals surface area contributed by atoms with Gasteiger partial charge in [-0.3, -0.25) is 19.3 Å². The van der Waals surface area contributed by atoms with E-state index in [1.165, 1.54) is 6.07 Å². The molecule has 2 bridgehead atoms. The zero-order valence-electron chi connectivity index (χ0n) is 17.6. The molecular formula is C25H23N3O4. The first-order valence-corrected chi connectivity index (χ1v) is 10.5. The summed E-state index contributed by atoms with van der Waals surface area (Å²) in [7, 11) is 0. The van der Waals surface area contributed by atoms with E-state index in [0.29, 0.717) is 13.2 Å². The summed E-state index contributed by atoms with van der Waals surface area (Å²) in [5, 5.41) is 12.6. The third-order valence-corrected chi connectivity index (χ3v) is 5.87. The summed E-state index contributed by atoms with van der Waals surface area (Å²) >= 11 is 0. The van der Waals surface area contributed by atoms with Crippen LogP contribution in [-0.2, 0) is 0 Å². The minimum absolute atomic E-state index is 0.0323. The molecular weight excluding hydrogens is 406 g/mol. The van der Waals surface area contributed by atoms with Crippen molar-refractivity contribution in [3.63, 3.8) is 0 Å². The van der Waals surface area contributed by atoms with Crippen molar-refractivity contribution in [2.75, 3.05) is 24.8 Å². The maximum atomic E-state index is 13.3. The van der Waals surface area contributed by atoms with Crippen LogP contribution in [0.4, 0.5) is 0 Å². The molecule has 2 aliphatic heterocycles. The Labute approximate surface area is 185 Å². The van der Waals surface area contributed by atoms with Gasteiger partial charge < -0.3 is 14.7 Å². The fraction of sp³-hybridized carbons (Fsp3) is 0.200. The quantitative estimate of drug-likeness (QED) is 0.602. The van der Waals surface area contributed by atoms with E-state index in [9.17, 15) is 14.7 Å². The van der Waals surface area contributed by atoms with Gasteiger partial charge >= 0.3 is 0 Å². The van der Waals surface area contributed by atoms with E-state index < -0.39 is 11.2 Å². The van der Waals surface area contributed by atoms with E-state index >= 15 is 0 Å². The number of pyridine rings is 1. The third kappa shape index (κ3) is 3.32. The predicted molar refractivity (Wildman–Crippen MR) is 120 cm³/mol. The second kappa shape index (κ2) is 7.92. The molecule has 0 radical (unpaired) electrons. The largest absolute Gasteiger partial charge is 0.502 e. The number of benzene rings is 2. The average molecular weight is 429 g/mol. The molecule has 0 spiro atoms. The fourth-order valence-electron chi connectivity index (χ4n) is 4.34. The van der Waals surface area contributed by atoms with E-state index in [1.807, 2.05) is 72.6 Å². The number of aromatic nitrogens is 1. The molecule has 0 saturated carbocycles. The Bertz CT molecular complexity index is 1270. The molecule has 0 fully saturated rings. The van der Waals surface area contributed by atoms with E-state index in [0.717, 1.165) is 22.4 Å². The minimum Gasteiger partial charge on any atom is -0.502 e. The van der Waals surface area contributed by atoms with Gasteiger partial charge in [-0.15, -0.1) is 0 Å². The molecule has 1 N–H and O–H groups in total. The molecule has 7 heteroatoms. The van der Waals surface area contributed by atoms with Crippen LogP contribution in [0.5, 0.6) is 11.5 Å². The van der Waals surface area contributed by atoms with Crippen molar-refractivity contribution in [1.82, 2.24) is 9.58 Å². The number of aromatic hydroxyl groups is 1. The topological polar surface area (TPSA) is 75.0 Å². The summed E-state index contributed by atoms with van der Waals surface area (Å²) < 4.78 is 7.73. The Morgan fingerprint density at radius 2 is 1.75 bits per heavy atom. The number of ether oxygens (including phenoxy) is 1. The number of nitrogens with zero attached hydrogens (tertiary/aromatic N) is 3. The summed E-state index contributed by atoms with van der Waals surface area (Å²) in [6, 6.07) is 18.7. The molecule has 0 saturated heterocycles. The van der Waals surface area contributed by atoms with Crippen molar-refractivity contribution >= 4 is 5.91 Å². The number of para-hydroxylation sites is 1. The minimum atomic E-state index is -0.581. The van der Waals surface area contributed by atoms with Crippen LogP contribution in [0.3, 0.4) is 0 Å². The van der Waals surface area contributed by atoms with Gasteiger partial charge in [-0.25, -0.2) is 0 Å². The molecule has 32 heavy (non-hydrogen) atoms. The van der Waals surface area contributed by atoms with Crippen molar-refractivity contribution in [2.45, 2.75) is 13.0 Å². The maximum Gasteiger partial charge on any atom is 0.278 e. The van der Waals surface area contributed by atoms with Gasteiger partial charge in [0.15, 0.2) is 11.4 Å². The van der Waals surface area contributed by atoms with E-state index in [-0.39, 0.29) is 24.3 Å². The molecule has 2 aliphatic rings. The van der Waals surface area contributed by atoms with Gasteiger partial charge in [0.1, 0.15) is 25.1 Å². The van der Waals surface area contributed by atoms with Gasteiger partial charge in [0.25, 0.3) is 5.91 Å². The number of amides is 1. The molecule has 3 aromatic rings. The first-order chi connectivity index (χ1) is 15.5. The van der Waals surface area contributed by atoms with Crippen LogP contribution in [0, 0.1) is 0 Å². The van der Waals surface area contributed by atoms with E-state index in [1.54, 1.807) is 15.8 Å². The number of hydrogen-bond acceptors (Lipinski definition) is 5. The fourth-order valence-corrected chi connectivity index (χ4v) is 4.34. The lowest BCUT2D eigenvalue weighted by molar-refractivity contribution is 0.0696. The summed E-state index contributed by atoms with van der Waals surface area (Å²) in [4.78, 5) is 27.2. The maximum absolute atomic E-state index is 13.3. The van der Waals surface area contributed by atoms with Gasteiger partial charge in [0.05, 0.1) is 0 Å². The summed E-state index contributed by atoms with van der Waals surface area (Å²) in [6.45, 7) is 2.95. The van der Waals surface area contributed by atoms with Crippen LogP contribution in [0.25, 0.3) is 0 Å². The Hall–Kier alpha value is -4.00. The normalized spacial score (nSPS) is 19.7. The second-order valence-electron chi connectivity index (χ2n) is 8.02. The van der Waals surface area contributed by atoms with Gasteiger partial charge in [0.2, 0.25) is 5.43 Å². The number of rotatable bonds is 1. The molecule has 1 amide bonds. The zero-order valence-corrected chi connectivity index (χ0v) is 17.6. The van der Waals surface area contributed by atoms with Crippen molar-refractivity contribution in [3.05, 3.63) is 106 Å². The molecule has 0 unspecified atom stereocenters. The number of hydrogen-bond donors (Lipinski definition) is 1. The standard InChI is InChI=1S/C25H23N3O4/c1-17-12-14-32-21-10-6-5-9-19(21)22(18-7-3-2-4-8-18)28-16-26(15-17)25(31)23-24(30)20(29)11-13-27(23)28/h2-13,22,30H,14-16H2,1H3/b17-12-/t22-/m0/s1. The van der Waals surface area contributed by atoms with Gasteiger partial charge in [-0.05, 0) is 24.6 Å². The van der Waals surface area contributed by atoms with Crippen molar-refractivity contribution in [1.29, 1.82) is 0 Å². The van der Waals surface area contributed by atoms with Gasteiger partial charge in [-0.1, -0.05) is 54.1 Å². The van der Waals surface area contributed by atoms with Crippen molar-refractivity contribution < 1.29 is 14.6 Å². The Morgan fingerprint density at radius 3 is 2.56 bits per heavy atom. The molecule has 1 atom stereocenters.